The molecule has 1 N–H and O–H groups in total. The molecule has 0 radical (unpaired) electrons. The molecule has 3 rings (SSSR count). The van der Waals surface area contributed by atoms with Gasteiger partial charge < -0.3 is 5.32 Å². The van der Waals surface area contributed by atoms with Gasteiger partial charge in [0, 0.05) is 25.5 Å². The van der Waals surface area contributed by atoms with Crippen molar-refractivity contribution in [2.24, 2.45) is 0 Å². The standard InChI is InChI=1S/C21H23N3O4/c25-20-10-6-11-21(26)23(20)17-12-13-18(19(15-17)24(27)28)22-14-5-4-9-16-7-2-1-3-8-16/h1-3,7-8,12-13,15,22H,4-6,9-11,14H2. The Morgan fingerprint density at radius 3 is 2.39 bits per heavy atom. The van der Waals surface area contributed by atoms with Gasteiger partial charge in [-0.3, -0.25) is 24.6 Å². The van der Waals surface area contributed by atoms with Gasteiger partial charge in [-0.05, 0) is 43.4 Å². The van der Waals surface area contributed by atoms with E-state index in [1.165, 1.54) is 11.6 Å². The van der Waals surface area contributed by atoms with Crippen molar-refractivity contribution in [3.05, 3.63) is 64.2 Å². The molecule has 1 aliphatic heterocycles. The van der Waals surface area contributed by atoms with Crippen LogP contribution in [0.15, 0.2) is 48.5 Å². The van der Waals surface area contributed by atoms with E-state index in [0.29, 0.717) is 18.7 Å². The zero-order valence-electron chi connectivity index (χ0n) is 15.6. The molecule has 28 heavy (non-hydrogen) atoms. The minimum absolute atomic E-state index is 0.133. The Bertz CT molecular complexity index is 851. The molecule has 2 aromatic carbocycles. The second kappa shape index (κ2) is 9.12. The van der Waals surface area contributed by atoms with Crippen molar-refractivity contribution in [1.82, 2.24) is 0 Å². The minimum atomic E-state index is -0.491. The van der Waals surface area contributed by atoms with Crippen molar-refractivity contribution in [2.75, 3.05) is 16.8 Å². The third-order valence-electron chi connectivity index (χ3n) is 4.77. The molecular formula is C21H23N3O4. The number of carbonyl (C=O) groups excluding carboxylic acids is 2. The summed E-state index contributed by atoms with van der Waals surface area (Å²) < 4.78 is 0. The SMILES string of the molecule is O=C1CCCC(=O)N1c1ccc(NCCCCc2ccccc2)c([N+](=O)[O-])c1. The third kappa shape index (κ3) is 4.73. The van der Waals surface area contributed by atoms with Crippen LogP contribution >= 0.6 is 0 Å². The summed E-state index contributed by atoms with van der Waals surface area (Å²) in [4.78, 5) is 36.1. The molecule has 0 spiro atoms. The van der Waals surface area contributed by atoms with Crippen LogP contribution in [-0.2, 0) is 16.0 Å². The summed E-state index contributed by atoms with van der Waals surface area (Å²) in [6.45, 7) is 0.606. The van der Waals surface area contributed by atoms with E-state index in [1.807, 2.05) is 18.2 Å². The van der Waals surface area contributed by atoms with Crippen LogP contribution in [0.2, 0.25) is 0 Å². The van der Waals surface area contributed by atoms with E-state index in [2.05, 4.69) is 17.4 Å². The predicted octanol–water partition coefficient (Wildman–Crippen LogP) is 4.07. The third-order valence-corrected chi connectivity index (χ3v) is 4.77. The van der Waals surface area contributed by atoms with Gasteiger partial charge in [0.15, 0.2) is 0 Å². The largest absolute Gasteiger partial charge is 0.379 e. The quantitative estimate of drug-likeness (QED) is 0.322. The van der Waals surface area contributed by atoms with Crippen molar-refractivity contribution in [3.63, 3.8) is 0 Å². The Hall–Kier alpha value is -3.22. The highest BCUT2D eigenvalue weighted by Gasteiger charge is 2.29. The maximum atomic E-state index is 12.1. The summed E-state index contributed by atoms with van der Waals surface area (Å²) in [7, 11) is 0. The Kier molecular flexibility index (Phi) is 6.37. The van der Waals surface area contributed by atoms with E-state index in [1.54, 1.807) is 12.1 Å². The number of amides is 2. The Morgan fingerprint density at radius 2 is 1.71 bits per heavy atom. The number of rotatable bonds is 8. The van der Waals surface area contributed by atoms with Crippen LogP contribution in [0, 0.1) is 10.1 Å². The molecule has 0 saturated carbocycles. The summed E-state index contributed by atoms with van der Waals surface area (Å²) in [5.74, 6) is -0.626. The number of carbonyl (C=O) groups is 2. The fourth-order valence-corrected chi connectivity index (χ4v) is 3.32. The van der Waals surface area contributed by atoms with Gasteiger partial charge in [-0.25, -0.2) is 0 Å². The highest BCUT2D eigenvalue weighted by molar-refractivity contribution is 6.16. The molecule has 0 aliphatic carbocycles. The van der Waals surface area contributed by atoms with Gasteiger partial charge in [0.2, 0.25) is 11.8 Å². The Morgan fingerprint density at radius 1 is 1.00 bits per heavy atom. The Balaban J connectivity index is 1.62. The predicted molar refractivity (Wildman–Crippen MR) is 107 cm³/mol. The van der Waals surface area contributed by atoms with Crippen LogP contribution in [0.1, 0.15) is 37.7 Å². The lowest BCUT2D eigenvalue weighted by molar-refractivity contribution is -0.383. The van der Waals surface area contributed by atoms with E-state index in [-0.39, 0.29) is 36.0 Å². The van der Waals surface area contributed by atoms with E-state index in [9.17, 15) is 19.7 Å². The van der Waals surface area contributed by atoms with Gasteiger partial charge >= 0.3 is 0 Å². The first-order valence-electron chi connectivity index (χ1n) is 9.48. The molecular weight excluding hydrogens is 358 g/mol. The number of hydrogen-bond donors (Lipinski definition) is 1. The molecule has 146 valence electrons. The van der Waals surface area contributed by atoms with Crippen molar-refractivity contribution in [2.45, 2.75) is 38.5 Å². The maximum Gasteiger partial charge on any atom is 0.294 e. The molecule has 7 nitrogen and oxygen atoms in total. The number of nitro groups is 1. The van der Waals surface area contributed by atoms with E-state index in [4.69, 9.17) is 0 Å². The first-order valence-corrected chi connectivity index (χ1v) is 9.48. The number of nitrogens with one attached hydrogen (secondary N) is 1. The van der Waals surface area contributed by atoms with Crippen LogP contribution in [0.3, 0.4) is 0 Å². The fourth-order valence-electron chi connectivity index (χ4n) is 3.32. The van der Waals surface area contributed by atoms with Crippen molar-refractivity contribution in [1.29, 1.82) is 0 Å². The molecule has 1 heterocycles. The average molecular weight is 381 g/mol. The number of anilines is 2. The van der Waals surface area contributed by atoms with Crippen LogP contribution in [0.4, 0.5) is 17.1 Å². The Labute approximate surface area is 163 Å². The van der Waals surface area contributed by atoms with E-state index < -0.39 is 4.92 Å². The molecule has 1 fully saturated rings. The van der Waals surface area contributed by atoms with Crippen LogP contribution < -0.4 is 10.2 Å². The first kappa shape index (κ1) is 19.5. The van der Waals surface area contributed by atoms with Crippen molar-refractivity contribution >= 4 is 28.9 Å². The number of nitro benzene ring substituents is 1. The molecule has 0 aromatic heterocycles. The minimum Gasteiger partial charge on any atom is -0.379 e. The maximum absolute atomic E-state index is 12.1. The molecule has 2 amide bonds. The molecule has 1 aliphatic rings. The lowest BCUT2D eigenvalue weighted by atomic mass is 10.1. The number of benzene rings is 2. The number of imide groups is 1. The summed E-state index contributed by atoms with van der Waals surface area (Å²) in [5, 5.41) is 14.6. The second-order valence-electron chi connectivity index (χ2n) is 6.80. The van der Waals surface area contributed by atoms with Gasteiger partial charge in [0.05, 0.1) is 10.6 Å². The lowest BCUT2D eigenvalue weighted by Crippen LogP contribution is -2.40. The average Bonchev–Trinajstić information content (AvgIpc) is 2.69. The number of piperidine rings is 1. The monoisotopic (exact) mass is 381 g/mol. The summed E-state index contributed by atoms with van der Waals surface area (Å²) >= 11 is 0. The molecule has 7 heteroatoms. The molecule has 1 saturated heterocycles. The van der Waals surface area contributed by atoms with E-state index >= 15 is 0 Å². The van der Waals surface area contributed by atoms with Gasteiger partial charge in [-0.15, -0.1) is 0 Å². The molecule has 0 unspecified atom stereocenters. The van der Waals surface area contributed by atoms with Crippen LogP contribution in [0.5, 0.6) is 0 Å². The summed E-state index contributed by atoms with van der Waals surface area (Å²) in [6.07, 6.45) is 3.89. The zero-order valence-corrected chi connectivity index (χ0v) is 15.6. The highest BCUT2D eigenvalue weighted by Crippen LogP contribution is 2.31. The molecule has 0 atom stereocenters. The number of aryl methyl sites for hydroxylation is 1. The number of nitrogens with zero attached hydrogens (tertiary/aromatic N) is 2. The van der Waals surface area contributed by atoms with Crippen molar-refractivity contribution < 1.29 is 14.5 Å². The highest BCUT2D eigenvalue weighted by atomic mass is 16.6. The van der Waals surface area contributed by atoms with Gasteiger partial charge in [0.25, 0.3) is 5.69 Å². The zero-order chi connectivity index (χ0) is 19.9. The smallest absolute Gasteiger partial charge is 0.294 e. The normalized spacial score (nSPS) is 14.2. The molecule has 2 aromatic rings. The summed E-state index contributed by atoms with van der Waals surface area (Å²) in [5.41, 5.74) is 1.79. The summed E-state index contributed by atoms with van der Waals surface area (Å²) in [6, 6.07) is 14.6. The number of hydrogen-bond acceptors (Lipinski definition) is 5. The van der Waals surface area contributed by atoms with Gasteiger partial charge in [0.1, 0.15) is 5.69 Å². The first-order chi connectivity index (χ1) is 13.6. The second-order valence-corrected chi connectivity index (χ2v) is 6.80. The number of unbranched alkanes of at least 4 members (excludes halogenated alkanes) is 1. The topological polar surface area (TPSA) is 92.6 Å². The van der Waals surface area contributed by atoms with Gasteiger partial charge in [-0.2, -0.15) is 0 Å². The van der Waals surface area contributed by atoms with Gasteiger partial charge in [-0.1, -0.05) is 30.3 Å². The van der Waals surface area contributed by atoms with Crippen LogP contribution in [-0.4, -0.2) is 23.3 Å². The fraction of sp³-hybridized carbons (Fsp3) is 0.333. The van der Waals surface area contributed by atoms with Crippen LogP contribution in [0.25, 0.3) is 0 Å². The van der Waals surface area contributed by atoms with E-state index in [0.717, 1.165) is 24.2 Å². The van der Waals surface area contributed by atoms with Crippen molar-refractivity contribution in [3.8, 4) is 0 Å². The molecule has 0 bridgehead atoms. The lowest BCUT2D eigenvalue weighted by Gasteiger charge is -2.25.